The topological polar surface area (TPSA) is 37.8 Å². The number of anilines is 1. The summed E-state index contributed by atoms with van der Waals surface area (Å²) in [6, 6.07) is 0. The summed E-state index contributed by atoms with van der Waals surface area (Å²) in [5, 5.41) is 3.95. The predicted octanol–water partition coefficient (Wildman–Crippen LogP) is 1.14. The lowest BCUT2D eigenvalue weighted by molar-refractivity contribution is 1.09. The van der Waals surface area contributed by atoms with Gasteiger partial charge in [0.05, 0.1) is 0 Å². The Kier molecular flexibility index (Phi) is 2.00. The average molecular weight is 143 g/mol. The normalized spacial score (nSPS) is 9.56. The second-order valence-electron chi connectivity index (χ2n) is 1.62. The van der Waals surface area contributed by atoms with E-state index < -0.39 is 0 Å². The summed E-state index contributed by atoms with van der Waals surface area (Å²) in [5.41, 5.74) is 0. The van der Waals surface area contributed by atoms with Crippen LogP contribution in [-0.4, -0.2) is 16.4 Å². The van der Waals surface area contributed by atoms with E-state index in [4.69, 9.17) is 0 Å². The van der Waals surface area contributed by atoms with Gasteiger partial charge in [0.2, 0.25) is 5.95 Å². The molecule has 1 heterocycles. The lowest BCUT2D eigenvalue weighted by Crippen LogP contribution is -1.89. The molecule has 0 unspecified atom stereocenters. The molecule has 0 aliphatic heterocycles. The van der Waals surface area contributed by atoms with E-state index in [1.807, 2.05) is 7.05 Å². The predicted molar refractivity (Wildman–Crippen MR) is 38.8 cm³/mol. The molecule has 0 fully saturated rings. The van der Waals surface area contributed by atoms with Crippen molar-refractivity contribution in [2.24, 2.45) is 0 Å². The molecule has 0 spiro atoms. The molecular weight excluding hydrogens is 134 g/mol. The van der Waals surface area contributed by atoms with Gasteiger partial charge in [-0.3, -0.25) is 0 Å². The minimum Gasteiger partial charge on any atom is -0.357 e. The fraction of sp³-hybridized carbons (Fsp3) is 0.600. The zero-order valence-corrected chi connectivity index (χ0v) is 6.33. The van der Waals surface area contributed by atoms with Gasteiger partial charge in [-0.2, -0.15) is 4.37 Å². The molecule has 1 rings (SSSR count). The fourth-order valence-corrected chi connectivity index (χ4v) is 1.08. The molecule has 0 aliphatic rings. The summed E-state index contributed by atoms with van der Waals surface area (Å²) in [5.74, 6) is 0.733. The number of nitrogens with one attached hydrogen (secondary N) is 1. The van der Waals surface area contributed by atoms with E-state index in [0.717, 1.165) is 17.4 Å². The van der Waals surface area contributed by atoms with Crippen molar-refractivity contribution < 1.29 is 0 Å². The van der Waals surface area contributed by atoms with Crippen LogP contribution < -0.4 is 5.32 Å². The second-order valence-corrected chi connectivity index (χ2v) is 2.45. The van der Waals surface area contributed by atoms with Gasteiger partial charge in [0.1, 0.15) is 5.01 Å². The third-order valence-corrected chi connectivity index (χ3v) is 1.85. The number of rotatable bonds is 2. The second kappa shape index (κ2) is 2.77. The standard InChI is InChI=1S/C5H9N3S/c1-3-4-7-5(6-2)8-9-4/h3H2,1-2H3,(H,6,8). The van der Waals surface area contributed by atoms with Crippen LogP contribution in [-0.2, 0) is 6.42 Å². The van der Waals surface area contributed by atoms with E-state index in [9.17, 15) is 0 Å². The van der Waals surface area contributed by atoms with Crippen LogP contribution in [0.5, 0.6) is 0 Å². The van der Waals surface area contributed by atoms with Crippen molar-refractivity contribution in [3.05, 3.63) is 5.01 Å². The summed E-state index contributed by atoms with van der Waals surface area (Å²) < 4.78 is 4.02. The Bertz CT molecular complexity index is 166. The van der Waals surface area contributed by atoms with Crippen LogP contribution in [0.3, 0.4) is 0 Å². The van der Waals surface area contributed by atoms with Gasteiger partial charge in [-0.15, -0.1) is 0 Å². The van der Waals surface area contributed by atoms with E-state index in [-0.39, 0.29) is 0 Å². The first-order chi connectivity index (χ1) is 4.36. The maximum absolute atomic E-state index is 4.14. The van der Waals surface area contributed by atoms with Crippen molar-refractivity contribution in [2.45, 2.75) is 13.3 Å². The Morgan fingerprint density at radius 1 is 1.67 bits per heavy atom. The largest absolute Gasteiger partial charge is 0.357 e. The zero-order chi connectivity index (χ0) is 6.69. The molecule has 0 bridgehead atoms. The number of aromatic nitrogens is 2. The smallest absolute Gasteiger partial charge is 0.234 e. The lowest BCUT2D eigenvalue weighted by atomic mass is 10.5. The van der Waals surface area contributed by atoms with Crippen LogP contribution in [0.2, 0.25) is 0 Å². The molecule has 50 valence electrons. The maximum Gasteiger partial charge on any atom is 0.234 e. The minimum atomic E-state index is 0.733. The monoisotopic (exact) mass is 143 g/mol. The number of hydrogen-bond donors (Lipinski definition) is 1. The minimum absolute atomic E-state index is 0.733. The van der Waals surface area contributed by atoms with E-state index in [2.05, 4.69) is 21.6 Å². The van der Waals surface area contributed by atoms with Crippen molar-refractivity contribution in [2.75, 3.05) is 12.4 Å². The Morgan fingerprint density at radius 3 is 2.78 bits per heavy atom. The Balaban J connectivity index is 2.74. The molecule has 0 saturated heterocycles. The van der Waals surface area contributed by atoms with Gasteiger partial charge >= 0.3 is 0 Å². The van der Waals surface area contributed by atoms with Crippen molar-refractivity contribution in [1.82, 2.24) is 9.36 Å². The van der Waals surface area contributed by atoms with Gasteiger partial charge in [0.25, 0.3) is 0 Å². The highest BCUT2D eigenvalue weighted by Crippen LogP contribution is 2.07. The van der Waals surface area contributed by atoms with Crippen LogP contribution in [0.25, 0.3) is 0 Å². The molecule has 3 nitrogen and oxygen atoms in total. The molecule has 4 heteroatoms. The quantitative estimate of drug-likeness (QED) is 0.674. The Morgan fingerprint density at radius 2 is 2.44 bits per heavy atom. The molecule has 1 N–H and O–H groups in total. The van der Waals surface area contributed by atoms with Crippen LogP contribution in [0.4, 0.5) is 5.95 Å². The van der Waals surface area contributed by atoms with Gasteiger partial charge in [0.15, 0.2) is 0 Å². The van der Waals surface area contributed by atoms with Crippen molar-refractivity contribution in [1.29, 1.82) is 0 Å². The molecule has 9 heavy (non-hydrogen) atoms. The Labute approximate surface area is 58.3 Å². The van der Waals surface area contributed by atoms with E-state index in [1.54, 1.807) is 0 Å². The number of hydrogen-bond acceptors (Lipinski definition) is 4. The Hall–Kier alpha value is -0.640. The van der Waals surface area contributed by atoms with Crippen LogP contribution in [0, 0.1) is 0 Å². The average Bonchev–Trinajstić information content (AvgIpc) is 2.34. The molecule has 0 amide bonds. The summed E-state index contributed by atoms with van der Waals surface area (Å²) >= 11 is 1.45. The highest BCUT2D eigenvalue weighted by molar-refractivity contribution is 7.05. The van der Waals surface area contributed by atoms with Crippen LogP contribution in [0.15, 0.2) is 0 Å². The van der Waals surface area contributed by atoms with Crippen molar-refractivity contribution in [3.8, 4) is 0 Å². The summed E-state index contributed by atoms with van der Waals surface area (Å²) in [7, 11) is 1.82. The molecule has 0 radical (unpaired) electrons. The van der Waals surface area contributed by atoms with Gasteiger partial charge < -0.3 is 5.32 Å². The number of nitrogens with zero attached hydrogens (tertiary/aromatic N) is 2. The zero-order valence-electron chi connectivity index (χ0n) is 5.51. The summed E-state index contributed by atoms with van der Waals surface area (Å²) in [6.45, 7) is 2.07. The molecule has 1 aromatic rings. The SMILES string of the molecule is CCc1nc(NC)ns1. The fourth-order valence-electron chi connectivity index (χ4n) is 0.500. The summed E-state index contributed by atoms with van der Waals surface area (Å²) in [4.78, 5) is 4.14. The first-order valence-corrected chi connectivity index (χ1v) is 3.64. The summed E-state index contributed by atoms with van der Waals surface area (Å²) in [6.07, 6.45) is 0.972. The van der Waals surface area contributed by atoms with Crippen molar-refractivity contribution in [3.63, 3.8) is 0 Å². The molecule has 0 aliphatic carbocycles. The molecule has 0 aromatic carbocycles. The third-order valence-electron chi connectivity index (χ3n) is 0.994. The van der Waals surface area contributed by atoms with E-state index >= 15 is 0 Å². The third kappa shape index (κ3) is 1.38. The molecular formula is C5H9N3S. The van der Waals surface area contributed by atoms with Gasteiger partial charge in [-0.1, -0.05) is 6.92 Å². The van der Waals surface area contributed by atoms with Crippen LogP contribution >= 0.6 is 11.5 Å². The molecule has 1 aromatic heterocycles. The maximum atomic E-state index is 4.14. The van der Waals surface area contributed by atoms with Gasteiger partial charge in [0, 0.05) is 7.05 Å². The van der Waals surface area contributed by atoms with E-state index in [1.165, 1.54) is 11.5 Å². The van der Waals surface area contributed by atoms with Crippen molar-refractivity contribution >= 4 is 17.5 Å². The highest BCUT2D eigenvalue weighted by Gasteiger charge is 1.96. The van der Waals surface area contributed by atoms with Crippen LogP contribution in [0.1, 0.15) is 11.9 Å². The first-order valence-electron chi connectivity index (χ1n) is 2.87. The van der Waals surface area contributed by atoms with Gasteiger partial charge in [-0.25, -0.2) is 4.98 Å². The highest BCUT2D eigenvalue weighted by atomic mass is 32.1. The number of aryl methyl sites for hydroxylation is 1. The first kappa shape index (κ1) is 6.48. The molecule has 0 atom stereocenters. The van der Waals surface area contributed by atoms with Gasteiger partial charge in [-0.05, 0) is 18.0 Å². The van der Waals surface area contributed by atoms with E-state index in [0.29, 0.717) is 0 Å². The molecule has 0 saturated carbocycles. The lowest BCUT2D eigenvalue weighted by Gasteiger charge is -1.84.